The summed E-state index contributed by atoms with van der Waals surface area (Å²) in [7, 11) is 0. The molecule has 1 aliphatic heterocycles. The van der Waals surface area contributed by atoms with Crippen LogP contribution in [0.25, 0.3) is 0 Å². The second-order valence-corrected chi connectivity index (χ2v) is 8.02. The van der Waals surface area contributed by atoms with Gasteiger partial charge in [-0.2, -0.15) is 0 Å². The van der Waals surface area contributed by atoms with Gasteiger partial charge in [0.25, 0.3) is 5.91 Å². The number of amides is 2. The van der Waals surface area contributed by atoms with E-state index >= 15 is 0 Å². The number of nitrogens with zero attached hydrogens (tertiary/aromatic N) is 2. The van der Waals surface area contributed by atoms with Crippen molar-refractivity contribution in [3.8, 4) is 0 Å². The predicted molar refractivity (Wildman–Crippen MR) is 125 cm³/mol. The maximum absolute atomic E-state index is 12.5. The van der Waals surface area contributed by atoms with Crippen LogP contribution in [0.5, 0.6) is 0 Å². The molecule has 0 aliphatic carbocycles. The summed E-state index contributed by atoms with van der Waals surface area (Å²) < 4.78 is 5.44. The van der Waals surface area contributed by atoms with Gasteiger partial charge in [0.2, 0.25) is 5.91 Å². The zero-order valence-electron chi connectivity index (χ0n) is 18.3. The van der Waals surface area contributed by atoms with Gasteiger partial charge in [0.15, 0.2) is 0 Å². The van der Waals surface area contributed by atoms with Crippen LogP contribution in [0.3, 0.4) is 0 Å². The van der Waals surface area contributed by atoms with Crippen molar-refractivity contribution in [1.29, 1.82) is 0 Å². The van der Waals surface area contributed by atoms with Gasteiger partial charge >= 0.3 is 0 Å². The molecule has 0 radical (unpaired) electrons. The summed E-state index contributed by atoms with van der Waals surface area (Å²) in [6, 6.07) is 20.0. The first kappa shape index (κ1) is 22.6. The minimum Gasteiger partial charge on any atom is -0.386 e. The van der Waals surface area contributed by atoms with Crippen molar-refractivity contribution in [3.63, 3.8) is 0 Å². The van der Waals surface area contributed by atoms with Crippen LogP contribution in [-0.4, -0.2) is 52.6 Å². The van der Waals surface area contributed by atoms with Gasteiger partial charge in [-0.1, -0.05) is 42.5 Å². The fourth-order valence-corrected chi connectivity index (χ4v) is 3.96. The Kier molecular flexibility index (Phi) is 7.44. The van der Waals surface area contributed by atoms with E-state index in [-0.39, 0.29) is 25.0 Å². The van der Waals surface area contributed by atoms with Gasteiger partial charge < -0.3 is 20.1 Å². The van der Waals surface area contributed by atoms with Crippen LogP contribution in [-0.2, 0) is 16.0 Å². The fourth-order valence-electron chi connectivity index (χ4n) is 3.96. The number of aliphatic hydroxyl groups is 1. The molecule has 2 amide bonds. The smallest absolute Gasteiger partial charge is 0.257 e. The molecule has 0 saturated carbocycles. The summed E-state index contributed by atoms with van der Waals surface area (Å²) in [5.41, 5.74) is 2.95. The van der Waals surface area contributed by atoms with Crippen LogP contribution in [0.1, 0.15) is 34.0 Å². The number of aliphatic hydroxyl groups excluding tert-OH is 1. The number of ether oxygens (including phenoxy) is 1. The van der Waals surface area contributed by atoms with Crippen molar-refractivity contribution < 1.29 is 19.4 Å². The first-order valence-electron chi connectivity index (χ1n) is 11.0. The number of pyridine rings is 1. The van der Waals surface area contributed by atoms with Gasteiger partial charge in [-0.05, 0) is 48.2 Å². The Morgan fingerprint density at radius 2 is 1.91 bits per heavy atom. The molecule has 2 aromatic carbocycles. The maximum atomic E-state index is 12.5. The van der Waals surface area contributed by atoms with E-state index in [1.54, 1.807) is 47.5 Å². The molecule has 0 spiro atoms. The summed E-state index contributed by atoms with van der Waals surface area (Å²) >= 11 is 0. The van der Waals surface area contributed by atoms with Gasteiger partial charge in [-0.25, -0.2) is 0 Å². The summed E-state index contributed by atoms with van der Waals surface area (Å²) in [6.07, 6.45) is 3.88. The summed E-state index contributed by atoms with van der Waals surface area (Å²) in [4.78, 5) is 30.5. The van der Waals surface area contributed by atoms with E-state index in [0.29, 0.717) is 23.4 Å². The minimum atomic E-state index is -0.894. The molecule has 1 fully saturated rings. The van der Waals surface area contributed by atoms with Crippen LogP contribution < -0.4 is 5.32 Å². The molecule has 7 nitrogen and oxygen atoms in total. The average Bonchev–Trinajstić information content (AvgIpc) is 2.86. The lowest BCUT2D eigenvalue weighted by Crippen LogP contribution is -2.52. The lowest BCUT2D eigenvalue weighted by atomic mass is 9.99. The standard InChI is InChI=1S/C26H27N3O4/c30-24-18-33-17-23(29(24)15-5-8-19-6-2-1-3-7-19)25(31)20-10-12-22(13-11-20)28-26(32)21-9-4-14-27-16-21/h1-4,6-7,9-14,16,23,25,31H,5,8,15,17-18H2,(H,28,32). The number of benzene rings is 2. The molecule has 170 valence electrons. The third kappa shape index (κ3) is 5.83. The SMILES string of the molecule is O=C(Nc1ccc(C(O)C2COCC(=O)N2CCCc2ccccc2)cc1)c1cccnc1. The number of rotatable bonds is 8. The Hall–Kier alpha value is -3.55. The molecule has 3 aromatic rings. The predicted octanol–water partition coefficient (Wildman–Crippen LogP) is 3.23. The lowest BCUT2D eigenvalue weighted by molar-refractivity contribution is -0.154. The molecule has 1 aliphatic rings. The number of carbonyl (C=O) groups excluding carboxylic acids is 2. The molecule has 1 saturated heterocycles. The van der Waals surface area contributed by atoms with Crippen LogP contribution in [0.4, 0.5) is 5.69 Å². The quantitative estimate of drug-likeness (QED) is 0.556. The Morgan fingerprint density at radius 1 is 1.12 bits per heavy atom. The fraction of sp³-hybridized carbons (Fsp3) is 0.269. The number of hydrogen-bond acceptors (Lipinski definition) is 5. The summed E-state index contributed by atoms with van der Waals surface area (Å²) in [5.74, 6) is -0.369. The average molecular weight is 446 g/mol. The van der Waals surface area contributed by atoms with E-state index in [1.807, 2.05) is 18.2 Å². The van der Waals surface area contributed by atoms with Crippen LogP contribution >= 0.6 is 0 Å². The lowest BCUT2D eigenvalue weighted by Gasteiger charge is -2.38. The minimum absolute atomic E-state index is 0.0356. The third-order valence-electron chi connectivity index (χ3n) is 5.74. The van der Waals surface area contributed by atoms with Gasteiger partial charge in [0, 0.05) is 24.6 Å². The van der Waals surface area contributed by atoms with Crippen LogP contribution in [0, 0.1) is 0 Å². The topological polar surface area (TPSA) is 91.8 Å². The second kappa shape index (κ2) is 10.8. The van der Waals surface area contributed by atoms with E-state index in [4.69, 9.17) is 4.74 Å². The van der Waals surface area contributed by atoms with Gasteiger partial charge in [0.05, 0.1) is 18.2 Å². The van der Waals surface area contributed by atoms with Crippen molar-refractivity contribution >= 4 is 17.5 Å². The first-order chi connectivity index (χ1) is 16.1. The molecule has 2 heterocycles. The van der Waals surface area contributed by atoms with Crippen molar-refractivity contribution in [2.75, 3.05) is 25.1 Å². The highest BCUT2D eigenvalue weighted by Crippen LogP contribution is 2.26. The molecule has 2 unspecified atom stereocenters. The molecule has 2 atom stereocenters. The van der Waals surface area contributed by atoms with E-state index in [9.17, 15) is 14.7 Å². The molecule has 2 N–H and O–H groups in total. The van der Waals surface area contributed by atoms with Crippen LogP contribution in [0.2, 0.25) is 0 Å². The number of morpholine rings is 1. The van der Waals surface area contributed by atoms with E-state index in [0.717, 1.165) is 12.8 Å². The molecule has 4 rings (SSSR count). The summed E-state index contributed by atoms with van der Waals surface area (Å²) in [5, 5.41) is 13.8. The summed E-state index contributed by atoms with van der Waals surface area (Å²) in [6.45, 7) is 0.865. The van der Waals surface area contributed by atoms with Crippen molar-refractivity contribution in [1.82, 2.24) is 9.88 Å². The first-order valence-corrected chi connectivity index (χ1v) is 11.0. The van der Waals surface area contributed by atoms with Gasteiger partial charge in [-0.15, -0.1) is 0 Å². The Labute approximate surface area is 193 Å². The maximum Gasteiger partial charge on any atom is 0.257 e. The monoisotopic (exact) mass is 445 g/mol. The number of anilines is 1. The number of hydrogen-bond donors (Lipinski definition) is 2. The van der Waals surface area contributed by atoms with E-state index < -0.39 is 12.1 Å². The van der Waals surface area contributed by atoms with E-state index in [2.05, 4.69) is 22.4 Å². The Morgan fingerprint density at radius 3 is 2.64 bits per heavy atom. The van der Waals surface area contributed by atoms with Crippen LogP contribution in [0.15, 0.2) is 79.1 Å². The number of aryl methyl sites for hydroxylation is 1. The number of nitrogens with one attached hydrogen (secondary N) is 1. The number of aromatic nitrogens is 1. The third-order valence-corrected chi connectivity index (χ3v) is 5.74. The van der Waals surface area contributed by atoms with Crippen molar-refractivity contribution in [2.45, 2.75) is 25.0 Å². The highest BCUT2D eigenvalue weighted by atomic mass is 16.5. The molecule has 33 heavy (non-hydrogen) atoms. The Bertz CT molecular complexity index is 1060. The Balaban J connectivity index is 1.38. The second-order valence-electron chi connectivity index (χ2n) is 8.02. The highest BCUT2D eigenvalue weighted by Gasteiger charge is 2.34. The molecule has 1 aromatic heterocycles. The molecular weight excluding hydrogens is 418 g/mol. The zero-order valence-corrected chi connectivity index (χ0v) is 18.3. The normalized spacial score (nSPS) is 16.9. The van der Waals surface area contributed by atoms with E-state index in [1.165, 1.54) is 11.8 Å². The molecular formula is C26H27N3O4. The van der Waals surface area contributed by atoms with Crippen molar-refractivity contribution in [2.24, 2.45) is 0 Å². The van der Waals surface area contributed by atoms with Gasteiger partial charge in [0.1, 0.15) is 12.7 Å². The zero-order chi connectivity index (χ0) is 23.0. The largest absolute Gasteiger partial charge is 0.386 e. The molecule has 0 bridgehead atoms. The van der Waals surface area contributed by atoms with Gasteiger partial charge in [-0.3, -0.25) is 14.6 Å². The number of carbonyl (C=O) groups is 2. The highest BCUT2D eigenvalue weighted by molar-refractivity contribution is 6.04. The van der Waals surface area contributed by atoms with Crippen molar-refractivity contribution in [3.05, 3.63) is 95.8 Å². The molecule has 7 heteroatoms.